The highest BCUT2D eigenvalue weighted by Gasteiger charge is 2.19. The Labute approximate surface area is 177 Å². The van der Waals surface area contributed by atoms with Crippen LogP contribution >= 0.6 is 0 Å². The molecule has 0 aliphatic heterocycles. The van der Waals surface area contributed by atoms with Crippen LogP contribution in [-0.2, 0) is 32.8 Å². The molecule has 3 rings (SSSR count). The van der Waals surface area contributed by atoms with Crippen LogP contribution in [0.5, 0.6) is 0 Å². The van der Waals surface area contributed by atoms with Gasteiger partial charge in [-0.1, -0.05) is 30.3 Å². The van der Waals surface area contributed by atoms with E-state index in [4.69, 9.17) is 0 Å². The third kappa shape index (κ3) is 4.91. The van der Waals surface area contributed by atoms with Gasteiger partial charge in [-0.2, -0.15) is 5.10 Å². The molecule has 3 aromatic rings. The van der Waals surface area contributed by atoms with Gasteiger partial charge in [0.05, 0.1) is 27.7 Å². The molecule has 0 aliphatic rings. The number of hydrogen-bond donors (Lipinski definition) is 1. The molecule has 0 fully saturated rings. The number of rotatable bonds is 7. The normalized spacial score (nSPS) is 12.1. The van der Waals surface area contributed by atoms with Gasteiger partial charge >= 0.3 is 0 Å². The summed E-state index contributed by atoms with van der Waals surface area (Å²) in [6, 6.07) is 14.1. The molecule has 0 saturated carbocycles. The van der Waals surface area contributed by atoms with Crippen molar-refractivity contribution in [1.29, 1.82) is 0 Å². The van der Waals surface area contributed by atoms with Crippen molar-refractivity contribution in [2.75, 3.05) is 17.8 Å². The van der Waals surface area contributed by atoms with Crippen molar-refractivity contribution in [3.05, 3.63) is 71.0 Å². The molecule has 7 nitrogen and oxygen atoms in total. The number of aryl methyl sites for hydroxylation is 1. The van der Waals surface area contributed by atoms with Gasteiger partial charge in [0.25, 0.3) is 0 Å². The first-order valence-corrected chi connectivity index (χ1v) is 13.1. The average Bonchev–Trinajstić information content (AvgIpc) is 2.92. The number of aromatic nitrogens is 2. The standard InChI is InChI=1S/C21H25N3O4S2/c1-15-19(16(2)24(23-15)14-17-8-6-5-7-9-17)13-22-20-11-10-18(29(3,25)26)12-21(20)30(4,27)28/h5-12,22H,13-14H2,1-4H3. The molecule has 1 heterocycles. The van der Waals surface area contributed by atoms with Gasteiger partial charge in [0, 0.05) is 30.3 Å². The number of anilines is 1. The Morgan fingerprint density at radius 3 is 2.20 bits per heavy atom. The third-order valence-electron chi connectivity index (χ3n) is 4.94. The van der Waals surface area contributed by atoms with E-state index in [1.807, 2.05) is 48.9 Å². The largest absolute Gasteiger partial charge is 0.380 e. The summed E-state index contributed by atoms with van der Waals surface area (Å²) in [5.41, 5.74) is 4.30. The van der Waals surface area contributed by atoms with Crippen LogP contribution in [0.2, 0.25) is 0 Å². The van der Waals surface area contributed by atoms with Gasteiger partial charge in [-0.15, -0.1) is 0 Å². The van der Waals surface area contributed by atoms with Crippen LogP contribution in [-0.4, -0.2) is 39.1 Å². The van der Waals surface area contributed by atoms with Gasteiger partial charge in [0.2, 0.25) is 0 Å². The molecule has 0 spiro atoms. The maximum Gasteiger partial charge on any atom is 0.177 e. The predicted molar refractivity (Wildman–Crippen MR) is 117 cm³/mol. The monoisotopic (exact) mass is 447 g/mol. The van der Waals surface area contributed by atoms with Gasteiger partial charge in [-0.25, -0.2) is 16.8 Å². The maximum atomic E-state index is 12.2. The topological polar surface area (TPSA) is 98.1 Å². The molecular weight excluding hydrogens is 422 g/mol. The zero-order valence-electron chi connectivity index (χ0n) is 17.4. The molecule has 1 N–H and O–H groups in total. The molecule has 1 aromatic heterocycles. The summed E-state index contributed by atoms with van der Waals surface area (Å²) in [5.74, 6) is 0. The predicted octanol–water partition coefficient (Wildman–Crippen LogP) is 2.97. The zero-order valence-corrected chi connectivity index (χ0v) is 19.0. The van der Waals surface area contributed by atoms with Gasteiger partial charge in [0.15, 0.2) is 19.7 Å². The van der Waals surface area contributed by atoms with Crippen molar-refractivity contribution < 1.29 is 16.8 Å². The molecule has 9 heteroatoms. The first-order chi connectivity index (χ1) is 14.0. The van der Waals surface area contributed by atoms with Crippen molar-refractivity contribution in [1.82, 2.24) is 9.78 Å². The highest BCUT2D eigenvalue weighted by molar-refractivity contribution is 7.91. The van der Waals surface area contributed by atoms with Crippen LogP contribution in [0, 0.1) is 13.8 Å². The van der Waals surface area contributed by atoms with Gasteiger partial charge in [0.1, 0.15) is 0 Å². The zero-order chi connectivity index (χ0) is 22.1. The fraction of sp³-hybridized carbons (Fsp3) is 0.286. The van der Waals surface area contributed by atoms with Crippen molar-refractivity contribution in [2.24, 2.45) is 0 Å². The molecule has 0 aliphatic carbocycles. The Kier molecular flexibility index (Phi) is 6.05. The highest BCUT2D eigenvalue weighted by Crippen LogP contribution is 2.26. The van der Waals surface area contributed by atoms with E-state index in [1.165, 1.54) is 18.2 Å². The summed E-state index contributed by atoms with van der Waals surface area (Å²) in [6.07, 6.45) is 2.11. The van der Waals surface area contributed by atoms with Crippen molar-refractivity contribution in [3.8, 4) is 0 Å². The van der Waals surface area contributed by atoms with Crippen molar-refractivity contribution in [3.63, 3.8) is 0 Å². The Morgan fingerprint density at radius 1 is 0.933 bits per heavy atom. The van der Waals surface area contributed by atoms with E-state index in [-0.39, 0.29) is 9.79 Å². The fourth-order valence-electron chi connectivity index (χ4n) is 3.27. The number of nitrogens with one attached hydrogen (secondary N) is 1. The number of hydrogen-bond acceptors (Lipinski definition) is 6. The molecule has 2 aromatic carbocycles. The lowest BCUT2D eigenvalue weighted by Gasteiger charge is -2.13. The minimum atomic E-state index is -3.62. The Bertz CT molecular complexity index is 1280. The van der Waals surface area contributed by atoms with Crippen LogP contribution in [0.15, 0.2) is 58.3 Å². The fourth-order valence-corrected chi connectivity index (χ4v) is 4.87. The van der Waals surface area contributed by atoms with Crippen LogP contribution < -0.4 is 5.32 Å². The highest BCUT2D eigenvalue weighted by atomic mass is 32.2. The lowest BCUT2D eigenvalue weighted by Crippen LogP contribution is -2.09. The molecule has 0 radical (unpaired) electrons. The molecule has 30 heavy (non-hydrogen) atoms. The SMILES string of the molecule is Cc1nn(Cc2ccccc2)c(C)c1CNc1ccc(S(C)(=O)=O)cc1S(C)(=O)=O. The Morgan fingerprint density at radius 2 is 1.60 bits per heavy atom. The molecule has 160 valence electrons. The molecule has 0 saturated heterocycles. The minimum absolute atomic E-state index is 0.0310. The number of benzene rings is 2. The van der Waals surface area contributed by atoms with Crippen molar-refractivity contribution >= 4 is 25.4 Å². The summed E-state index contributed by atoms with van der Waals surface area (Å²) in [5, 5.41) is 7.76. The summed E-state index contributed by atoms with van der Waals surface area (Å²) in [7, 11) is -7.14. The second-order valence-electron chi connectivity index (χ2n) is 7.35. The lowest BCUT2D eigenvalue weighted by atomic mass is 10.2. The minimum Gasteiger partial charge on any atom is -0.380 e. The van der Waals surface area contributed by atoms with Crippen LogP contribution in [0.25, 0.3) is 0 Å². The van der Waals surface area contributed by atoms with E-state index in [1.54, 1.807) is 0 Å². The molecule has 0 unspecified atom stereocenters. The first-order valence-electron chi connectivity index (χ1n) is 9.31. The summed E-state index contributed by atoms with van der Waals surface area (Å²) < 4.78 is 50.0. The second-order valence-corrected chi connectivity index (χ2v) is 11.3. The van der Waals surface area contributed by atoms with E-state index >= 15 is 0 Å². The molecule has 0 bridgehead atoms. The first kappa shape index (κ1) is 22.0. The van der Waals surface area contributed by atoms with E-state index in [0.29, 0.717) is 18.8 Å². The summed E-state index contributed by atoms with van der Waals surface area (Å²) in [6.45, 7) is 4.90. The molecular formula is C21H25N3O4S2. The van der Waals surface area contributed by atoms with Crippen molar-refractivity contribution in [2.45, 2.75) is 36.7 Å². The van der Waals surface area contributed by atoms with E-state index in [2.05, 4.69) is 10.4 Å². The van der Waals surface area contributed by atoms with Crippen LogP contribution in [0.3, 0.4) is 0 Å². The van der Waals surface area contributed by atoms with E-state index in [9.17, 15) is 16.8 Å². The number of sulfone groups is 2. The smallest absolute Gasteiger partial charge is 0.177 e. The molecule has 0 amide bonds. The maximum absolute atomic E-state index is 12.2. The molecule has 0 atom stereocenters. The second kappa shape index (κ2) is 8.23. The van der Waals surface area contributed by atoms with Gasteiger partial charge in [-0.05, 0) is 37.6 Å². The average molecular weight is 448 g/mol. The van der Waals surface area contributed by atoms with Gasteiger partial charge < -0.3 is 5.32 Å². The quantitative estimate of drug-likeness (QED) is 0.598. The van der Waals surface area contributed by atoms with Crippen LogP contribution in [0.4, 0.5) is 5.69 Å². The Balaban J connectivity index is 1.89. The summed E-state index contributed by atoms with van der Waals surface area (Å²) >= 11 is 0. The van der Waals surface area contributed by atoms with E-state index in [0.717, 1.165) is 35.0 Å². The van der Waals surface area contributed by atoms with Crippen LogP contribution in [0.1, 0.15) is 22.5 Å². The third-order valence-corrected chi connectivity index (χ3v) is 7.19. The summed E-state index contributed by atoms with van der Waals surface area (Å²) in [4.78, 5) is -0.0751. The van der Waals surface area contributed by atoms with Gasteiger partial charge in [-0.3, -0.25) is 4.68 Å². The van der Waals surface area contributed by atoms with E-state index < -0.39 is 19.7 Å². The number of nitrogens with zero attached hydrogens (tertiary/aromatic N) is 2. The lowest BCUT2D eigenvalue weighted by molar-refractivity contribution is 0.600. The Hall–Kier alpha value is -2.65.